The Bertz CT molecular complexity index is 337. The highest BCUT2D eigenvalue weighted by Crippen LogP contribution is 2.34. The maximum Gasteiger partial charge on any atom is 0.0431 e. The first-order valence-corrected chi connectivity index (χ1v) is 7.04. The normalized spacial score (nSPS) is 17.3. The second-order valence-corrected chi connectivity index (χ2v) is 5.85. The molecule has 1 aromatic rings. The molecule has 0 N–H and O–H groups in total. The molecule has 94 valence electrons. The third-order valence-electron chi connectivity index (χ3n) is 3.27. The maximum absolute atomic E-state index is 2.58. The van der Waals surface area contributed by atoms with Gasteiger partial charge in [0.2, 0.25) is 0 Å². The van der Waals surface area contributed by atoms with Gasteiger partial charge in [0, 0.05) is 18.8 Å². The first kappa shape index (κ1) is 12.5. The Morgan fingerprint density at radius 1 is 0.941 bits per heavy atom. The van der Waals surface area contributed by atoms with Crippen molar-refractivity contribution in [3.05, 3.63) is 29.3 Å². The van der Waals surface area contributed by atoms with E-state index in [1.807, 2.05) is 0 Å². The number of benzene rings is 1. The van der Waals surface area contributed by atoms with Crippen LogP contribution in [0.1, 0.15) is 44.7 Å². The van der Waals surface area contributed by atoms with E-state index in [1.54, 1.807) is 16.8 Å². The number of nitrogens with zero attached hydrogens (tertiary/aromatic N) is 1. The van der Waals surface area contributed by atoms with Crippen molar-refractivity contribution < 1.29 is 0 Å². The average molecular weight is 231 g/mol. The second kappa shape index (κ2) is 5.57. The van der Waals surface area contributed by atoms with E-state index in [0.717, 1.165) is 5.92 Å². The molecule has 0 radical (unpaired) electrons. The standard InChI is InChI=1S/C12H15N.C4H10/c1-4-10-6-2-8-13-9-3-7-11(5-1)12(10)13;1-4(2)3/h1,4-5H,2-3,6-9H2;4H,1-3H3. The van der Waals surface area contributed by atoms with Crippen LogP contribution in [0.25, 0.3) is 0 Å². The Kier molecular flexibility index (Phi) is 4.09. The van der Waals surface area contributed by atoms with Crippen LogP contribution in [0.3, 0.4) is 0 Å². The van der Waals surface area contributed by atoms with Crippen molar-refractivity contribution in [3.63, 3.8) is 0 Å². The Morgan fingerprint density at radius 3 is 1.88 bits per heavy atom. The number of rotatable bonds is 0. The third-order valence-corrected chi connectivity index (χ3v) is 3.27. The van der Waals surface area contributed by atoms with Crippen LogP contribution in [0, 0.1) is 5.92 Å². The molecule has 0 fully saturated rings. The lowest BCUT2D eigenvalue weighted by Gasteiger charge is -2.36. The molecule has 17 heavy (non-hydrogen) atoms. The van der Waals surface area contributed by atoms with E-state index in [0.29, 0.717) is 0 Å². The number of aryl methyl sites for hydroxylation is 2. The molecule has 2 aliphatic rings. The molecular formula is C16H25N. The van der Waals surface area contributed by atoms with Gasteiger partial charge in [-0.1, -0.05) is 39.0 Å². The molecule has 3 rings (SSSR count). The molecule has 0 saturated carbocycles. The lowest BCUT2D eigenvalue weighted by atomic mass is 9.92. The number of hydrogen-bond acceptors (Lipinski definition) is 1. The van der Waals surface area contributed by atoms with Crippen molar-refractivity contribution in [1.82, 2.24) is 0 Å². The van der Waals surface area contributed by atoms with Crippen LogP contribution in [0.15, 0.2) is 18.2 Å². The summed E-state index contributed by atoms with van der Waals surface area (Å²) >= 11 is 0. The van der Waals surface area contributed by atoms with Crippen molar-refractivity contribution >= 4 is 5.69 Å². The molecule has 0 unspecified atom stereocenters. The highest BCUT2D eigenvalue weighted by Gasteiger charge is 2.22. The minimum atomic E-state index is 0.833. The summed E-state index contributed by atoms with van der Waals surface area (Å²) < 4.78 is 0. The predicted octanol–water partition coefficient (Wildman–Crippen LogP) is 4.05. The lowest BCUT2D eigenvalue weighted by molar-refractivity contribution is 0.634. The molecule has 1 heteroatoms. The summed E-state index contributed by atoms with van der Waals surface area (Å²) in [5.74, 6) is 0.833. The van der Waals surface area contributed by atoms with Crippen LogP contribution in [-0.2, 0) is 12.8 Å². The first-order valence-electron chi connectivity index (χ1n) is 7.04. The van der Waals surface area contributed by atoms with Crippen LogP contribution >= 0.6 is 0 Å². The van der Waals surface area contributed by atoms with Crippen LogP contribution in [0.5, 0.6) is 0 Å². The van der Waals surface area contributed by atoms with Gasteiger partial charge in [-0.2, -0.15) is 0 Å². The molecule has 2 heterocycles. The zero-order chi connectivity index (χ0) is 12.3. The monoisotopic (exact) mass is 231 g/mol. The molecule has 0 amide bonds. The van der Waals surface area contributed by atoms with Gasteiger partial charge in [0.1, 0.15) is 0 Å². The minimum absolute atomic E-state index is 0.833. The van der Waals surface area contributed by atoms with Crippen molar-refractivity contribution in [2.75, 3.05) is 18.0 Å². The Labute approximate surface area is 106 Å². The van der Waals surface area contributed by atoms with E-state index < -0.39 is 0 Å². The molecule has 0 aliphatic carbocycles. The van der Waals surface area contributed by atoms with Gasteiger partial charge in [-0.05, 0) is 42.7 Å². The van der Waals surface area contributed by atoms with Gasteiger partial charge in [0.05, 0.1) is 0 Å². The van der Waals surface area contributed by atoms with E-state index in [1.165, 1.54) is 38.8 Å². The van der Waals surface area contributed by atoms with Crippen LogP contribution in [-0.4, -0.2) is 13.1 Å². The molecule has 1 nitrogen and oxygen atoms in total. The highest BCUT2D eigenvalue weighted by molar-refractivity contribution is 5.62. The van der Waals surface area contributed by atoms with E-state index in [9.17, 15) is 0 Å². The molecule has 0 aromatic heterocycles. The quantitative estimate of drug-likeness (QED) is 0.651. The lowest BCUT2D eigenvalue weighted by Crippen LogP contribution is -2.34. The van der Waals surface area contributed by atoms with Crippen LogP contribution in [0.4, 0.5) is 5.69 Å². The van der Waals surface area contributed by atoms with Crippen molar-refractivity contribution in [2.24, 2.45) is 5.92 Å². The summed E-state index contributed by atoms with van der Waals surface area (Å²) in [6.45, 7) is 9.06. The van der Waals surface area contributed by atoms with Gasteiger partial charge in [-0.25, -0.2) is 0 Å². The van der Waals surface area contributed by atoms with Gasteiger partial charge in [0.25, 0.3) is 0 Å². The Morgan fingerprint density at radius 2 is 1.41 bits per heavy atom. The average Bonchev–Trinajstić information content (AvgIpc) is 2.30. The number of anilines is 1. The topological polar surface area (TPSA) is 3.24 Å². The smallest absolute Gasteiger partial charge is 0.0431 e. The van der Waals surface area contributed by atoms with Crippen molar-refractivity contribution in [3.8, 4) is 0 Å². The van der Waals surface area contributed by atoms with Gasteiger partial charge >= 0.3 is 0 Å². The number of hydrogen-bond donors (Lipinski definition) is 0. The molecule has 1 aromatic carbocycles. The first-order chi connectivity index (χ1) is 8.18. The van der Waals surface area contributed by atoms with E-state index in [-0.39, 0.29) is 0 Å². The summed E-state index contributed by atoms with van der Waals surface area (Å²) in [6.07, 6.45) is 5.27. The van der Waals surface area contributed by atoms with Crippen LogP contribution < -0.4 is 4.90 Å². The van der Waals surface area contributed by atoms with Crippen LogP contribution in [0.2, 0.25) is 0 Å². The zero-order valence-electron chi connectivity index (χ0n) is 11.5. The van der Waals surface area contributed by atoms with E-state index in [4.69, 9.17) is 0 Å². The molecule has 0 spiro atoms. The largest absolute Gasteiger partial charge is 0.371 e. The van der Waals surface area contributed by atoms with E-state index in [2.05, 4.69) is 43.9 Å². The minimum Gasteiger partial charge on any atom is -0.371 e. The SMILES string of the molecule is CC(C)C.c1cc2c3c(c1)CCCN3CCC2. The fourth-order valence-corrected chi connectivity index (χ4v) is 2.71. The predicted molar refractivity (Wildman–Crippen MR) is 75.8 cm³/mol. The van der Waals surface area contributed by atoms with E-state index >= 15 is 0 Å². The zero-order valence-corrected chi connectivity index (χ0v) is 11.5. The summed E-state index contributed by atoms with van der Waals surface area (Å²) in [4.78, 5) is 2.58. The molecule has 0 bridgehead atoms. The Hall–Kier alpha value is -0.980. The van der Waals surface area contributed by atoms with Crippen molar-refractivity contribution in [2.45, 2.75) is 46.5 Å². The summed E-state index contributed by atoms with van der Waals surface area (Å²) in [5.41, 5.74) is 4.76. The molecule has 0 atom stereocenters. The molecule has 0 saturated heterocycles. The third kappa shape index (κ3) is 3.02. The fraction of sp³-hybridized carbons (Fsp3) is 0.625. The van der Waals surface area contributed by atoms with Gasteiger partial charge in [0.15, 0.2) is 0 Å². The fourth-order valence-electron chi connectivity index (χ4n) is 2.71. The number of para-hydroxylation sites is 1. The Balaban J connectivity index is 0.000000239. The summed E-state index contributed by atoms with van der Waals surface area (Å²) in [5, 5.41) is 0. The summed E-state index contributed by atoms with van der Waals surface area (Å²) in [6, 6.07) is 6.83. The summed E-state index contributed by atoms with van der Waals surface area (Å²) in [7, 11) is 0. The molecular weight excluding hydrogens is 206 g/mol. The second-order valence-electron chi connectivity index (χ2n) is 5.85. The van der Waals surface area contributed by atoms with Gasteiger partial charge < -0.3 is 4.90 Å². The van der Waals surface area contributed by atoms with Crippen molar-refractivity contribution in [1.29, 1.82) is 0 Å². The molecule has 2 aliphatic heterocycles. The highest BCUT2D eigenvalue weighted by atomic mass is 15.1. The van der Waals surface area contributed by atoms with Gasteiger partial charge in [-0.3, -0.25) is 0 Å². The maximum atomic E-state index is 2.58. The van der Waals surface area contributed by atoms with Gasteiger partial charge in [-0.15, -0.1) is 0 Å².